The first-order valence-electron chi connectivity index (χ1n) is 5.53. The van der Waals surface area contributed by atoms with E-state index < -0.39 is 5.79 Å². The number of benzene rings is 1. The van der Waals surface area contributed by atoms with E-state index in [2.05, 4.69) is 19.1 Å². The SMILES string of the molecule is CC[C@H]1OC(C)(C)O[C@@H]1c1ccccc1. The Kier molecular flexibility index (Phi) is 2.81. The maximum absolute atomic E-state index is 5.92. The second kappa shape index (κ2) is 3.95. The molecule has 0 amide bonds. The van der Waals surface area contributed by atoms with E-state index in [0.29, 0.717) is 0 Å². The summed E-state index contributed by atoms with van der Waals surface area (Å²) in [5, 5.41) is 0. The largest absolute Gasteiger partial charge is 0.344 e. The Morgan fingerprint density at radius 1 is 1.13 bits per heavy atom. The zero-order valence-electron chi connectivity index (χ0n) is 9.57. The summed E-state index contributed by atoms with van der Waals surface area (Å²) in [6, 6.07) is 10.3. The fourth-order valence-electron chi connectivity index (χ4n) is 2.06. The van der Waals surface area contributed by atoms with E-state index in [9.17, 15) is 0 Å². The van der Waals surface area contributed by atoms with Crippen LogP contribution in [0.5, 0.6) is 0 Å². The van der Waals surface area contributed by atoms with Crippen LogP contribution in [0.4, 0.5) is 0 Å². The predicted molar refractivity (Wildman–Crippen MR) is 59.5 cm³/mol. The van der Waals surface area contributed by atoms with Gasteiger partial charge in [0.1, 0.15) is 6.10 Å². The number of ether oxygens (including phenoxy) is 2. The van der Waals surface area contributed by atoms with Crippen molar-refractivity contribution in [1.29, 1.82) is 0 Å². The molecule has 1 aromatic rings. The van der Waals surface area contributed by atoms with Crippen molar-refractivity contribution >= 4 is 0 Å². The van der Waals surface area contributed by atoms with E-state index in [0.717, 1.165) is 6.42 Å². The molecule has 2 rings (SSSR count). The van der Waals surface area contributed by atoms with Gasteiger partial charge in [-0.3, -0.25) is 0 Å². The van der Waals surface area contributed by atoms with Crippen LogP contribution in [-0.2, 0) is 9.47 Å². The van der Waals surface area contributed by atoms with Crippen LogP contribution in [0.1, 0.15) is 38.9 Å². The molecular formula is C13H18O2. The number of hydrogen-bond donors (Lipinski definition) is 0. The van der Waals surface area contributed by atoms with Gasteiger partial charge in [0.15, 0.2) is 5.79 Å². The monoisotopic (exact) mass is 206 g/mol. The first-order valence-corrected chi connectivity index (χ1v) is 5.53. The van der Waals surface area contributed by atoms with Crippen LogP contribution in [0.25, 0.3) is 0 Å². The summed E-state index contributed by atoms with van der Waals surface area (Å²) in [5.41, 5.74) is 1.20. The van der Waals surface area contributed by atoms with Crippen molar-refractivity contribution < 1.29 is 9.47 Å². The molecule has 1 heterocycles. The van der Waals surface area contributed by atoms with Crippen LogP contribution >= 0.6 is 0 Å². The molecule has 1 aromatic carbocycles. The average molecular weight is 206 g/mol. The van der Waals surface area contributed by atoms with E-state index in [4.69, 9.17) is 9.47 Å². The number of hydrogen-bond acceptors (Lipinski definition) is 2. The fourth-order valence-corrected chi connectivity index (χ4v) is 2.06. The molecular weight excluding hydrogens is 188 g/mol. The second-order valence-corrected chi connectivity index (χ2v) is 4.41. The molecule has 0 bridgehead atoms. The van der Waals surface area contributed by atoms with E-state index in [-0.39, 0.29) is 12.2 Å². The van der Waals surface area contributed by atoms with E-state index in [1.54, 1.807) is 0 Å². The van der Waals surface area contributed by atoms with Crippen LogP contribution in [0.15, 0.2) is 30.3 Å². The summed E-state index contributed by atoms with van der Waals surface area (Å²) in [6.45, 7) is 6.07. The Hall–Kier alpha value is -0.860. The van der Waals surface area contributed by atoms with Gasteiger partial charge < -0.3 is 9.47 Å². The van der Waals surface area contributed by atoms with Crippen LogP contribution < -0.4 is 0 Å². The van der Waals surface area contributed by atoms with Crippen molar-refractivity contribution in [3.05, 3.63) is 35.9 Å². The molecule has 0 saturated carbocycles. The van der Waals surface area contributed by atoms with Crippen LogP contribution in [-0.4, -0.2) is 11.9 Å². The summed E-state index contributed by atoms with van der Waals surface area (Å²) in [5.74, 6) is -0.457. The minimum atomic E-state index is -0.457. The van der Waals surface area contributed by atoms with Gasteiger partial charge in [0.05, 0.1) is 6.10 Å². The maximum atomic E-state index is 5.92. The lowest BCUT2D eigenvalue weighted by Crippen LogP contribution is -2.21. The zero-order chi connectivity index (χ0) is 10.9. The number of rotatable bonds is 2. The van der Waals surface area contributed by atoms with Crippen molar-refractivity contribution in [3.8, 4) is 0 Å². The summed E-state index contributed by atoms with van der Waals surface area (Å²) in [6.07, 6.45) is 1.22. The standard InChI is InChI=1S/C13H18O2/c1-4-11-12(15-13(2,3)14-11)10-8-6-5-7-9-10/h5-9,11-12H,4H2,1-3H3/t11-,12-/m1/s1. The molecule has 0 N–H and O–H groups in total. The van der Waals surface area contributed by atoms with E-state index in [1.807, 2.05) is 32.0 Å². The summed E-state index contributed by atoms with van der Waals surface area (Å²) in [7, 11) is 0. The van der Waals surface area contributed by atoms with Gasteiger partial charge in [-0.05, 0) is 25.8 Å². The highest BCUT2D eigenvalue weighted by atomic mass is 16.7. The van der Waals surface area contributed by atoms with Crippen LogP contribution in [0.3, 0.4) is 0 Å². The van der Waals surface area contributed by atoms with Crippen molar-refractivity contribution in [1.82, 2.24) is 0 Å². The molecule has 0 unspecified atom stereocenters. The van der Waals surface area contributed by atoms with Gasteiger partial charge in [0.25, 0.3) is 0 Å². The third-order valence-corrected chi connectivity index (χ3v) is 2.71. The molecule has 2 heteroatoms. The molecule has 1 fully saturated rings. The first-order chi connectivity index (χ1) is 7.12. The van der Waals surface area contributed by atoms with Gasteiger partial charge in [-0.2, -0.15) is 0 Å². The smallest absolute Gasteiger partial charge is 0.164 e. The Morgan fingerprint density at radius 3 is 2.40 bits per heavy atom. The van der Waals surface area contributed by atoms with Gasteiger partial charge in [-0.1, -0.05) is 37.3 Å². The molecule has 0 aliphatic carbocycles. The molecule has 1 aliphatic heterocycles. The van der Waals surface area contributed by atoms with Gasteiger partial charge in [0.2, 0.25) is 0 Å². The van der Waals surface area contributed by atoms with Crippen molar-refractivity contribution in [2.75, 3.05) is 0 Å². The molecule has 2 nitrogen and oxygen atoms in total. The Labute approximate surface area is 91.2 Å². The van der Waals surface area contributed by atoms with Crippen molar-refractivity contribution in [3.63, 3.8) is 0 Å². The summed E-state index contributed by atoms with van der Waals surface area (Å²) in [4.78, 5) is 0. The highest BCUT2D eigenvalue weighted by Gasteiger charge is 2.40. The maximum Gasteiger partial charge on any atom is 0.164 e. The molecule has 1 aliphatic rings. The van der Waals surface area contributed by atoms with Crippen molar-refractivity contribution in [2.24, 2.45) is 0 Å². The first kappa shape index (κ1) is 10.7. The minimum Gasteiger partial charge on any atom is -0.344 e. The highest BCUT2D eigenvalue weighted by Crippen LogP contribution is 2.39. The molecule has 0 radical (unpaired) electrons. The molecule has 1 saturated heterocycles. The van der Waals surface area contributed by atoms with Gasteiger partial charge in [0, 0.05) is 0 Å². The van der Waals surface area contributed by atoms with Crippen molar-refractivity contribution in [2.45, 2.75) is 45.2 Å². The second-order valence-electron chi connectivity index (χ2n) is 4.41. The molecule has 0 spiro atoms. The topological polar surface area (TPSA) is 18.5 Å². The summed E-state index contributed by atoms with van der Waals surface area (Å²) >= 11 is 0. The average Bonchev–Trinajstić information content (AvgIpc) is 2.55. The lowest BCUT2D eigenvalue weighted by atomic mass is 10.0. The van der Waals surface area contributed by atoms with E-state index in [1.165, 1.54) is 5.56 Å². The van der Waals surface area contributed by atoms with Gasteiger partial charge in [-0.25, -0.2) is 0 Å². The third kappa shape index (κ3) is 2.21. The lowest BCUT2D eigenvalue weighted by molar-refractivity contribution is -0.147. The molecule has 0 aromatic heterocycles. The quantitative estimate of drug-likeness (QED) is 0.739. The van der Waals surface area contributed by atoms with E-state index >= 15 is 0 Å². The Balaban J connectivity index is 2.22. The predicted octanol–water partition coefficient (Wildman–Crippen LogP) is 3.29. The lowest BCUT2D eigenvalue weighted by Gasteiger charge is -2.16. The zero-order valence-corrected chi connectivity index (χ0v) is 9.57. The summed E-state index contributed by atoms with van der Waals surface area (Å²) < 4.78 is 11.8. The fraction of sp³-hybridized carbons (Fsp3) is 0.538. The molecule has 15 heavy (non-hydrogen) atoms. The van der Waals surface area contributed by atoms with Crippen LogP contribution in [0, 0.1) is 0 Å². The third-order valence-electron chi connectivity index (χ3n) is 2.71. The normalized spacial score (nSPS) is 29.3. The van der Waals surface area contributed by atoms with Gasteiger partial charge >= 0.3 is 0 Å². The minimum absolute atomic E-state index is 0.0752. The molecule has 82 valence electrons. The Bertz CT molecular complexity index is 319. The molecule has 2 atom stereocenters. The highest BCUT2D eigenvalue weighted by molar-refractivity contribution is 5.19. The Morgan fingerprint density at radius 2 is 1.80 bits per heavy atom. The van der Waals surface area contributed by atoms with Crippen LogP contribution in [0.2, 0.25) is 0 Å². The van der Waals surface area contributed by atoms with Gasteiger partial charge in [-0.15, -0.1) is 0 Å².